The van der Waals surface area contributed by atoms with E-state index in [1.54, 1.807) is 18.3 Å². The van der Waals surface area contributed by atoms with Crippen molar-refractivity contribution >= 4 is 28.2 Å². The van der Waals surface area contributed by atoms with Gasteiger partial charge in [0.15, 0.2) is 5.82 Å². The van der Waals surface area contributed by atoms with Crippen molar-refractivity contribution in [3.8, 4) is 11.5 Å². The number of nitrogens with zero attached hydrogens (tertiary/aromatic N) is 4. The van der Waals surface area contributed by atoms with Crippen molar-refractivity contribution in [3.63, 3.8) is 0 Å². The van der Waals surface area contributed by atoms with E-state index in [2.05, 4.69) is 25.1 Å². The van der Waals surface area contributed by atoms with Gasteiger partial charge in [-0.3, -0.25) is 24.6 Å². The smallest absolute Gasteiger partial charge is 0.394 e. The van der Waals surface area contributed by atoms with E-state index in [1.807, 2.05) is 18.2 Å². The van der Waals surface area contributed by atoms with Gasteiger partial charge in [0.25, 0.3) is 0 Å². The monoisotopic (exact) mass is 455 g/mol. The first kappa shape index (κ1) is 27.0. The van der Waals surface area contributed by atoms with Gasteiger partial charge in [-0.25, -0.2) is 9.78 Å². The van der Waals surface area contributed by atoms with Gasteiger partial charge in [-0.1, -0.05) is 12.1 Å². The second-order valence-electron chi connectivity index (χ2n) is 4.95. The van der Waals surface area contributed by atoms with Crippen LogP contribution in [0.1, 0.15) is 10.5 Å². The lowest BCUT2D eigenvalue weighted by atomic mass is 10.3. The van der Waals surface area contributed by atoms with Crippen LogP contribution in [0, 0.1) is 5.41 Å². The molecule has 3 aromatic heterocycles. The van der Waals surface area contributed by atoms with Crippen LogP contribution in [-0.2, 0) is 10.4 Å². The number of nitrogens with one attached hydrogen (secondary N) is 2. The largest absolute Gasteiger partial charge is 0.477 e. The van der Waals surface area contributed by atoms with E-state index >= 15 is 0 Å². The summed E-state index contributed by atoms with van der Waals surface area (Å²) in [7, 11) is -4.67. The maximum atomic E-state index is 10.1. The zero-order chi connectivity index (χ0) is 23.9. The SMILES string of the molecule is N=C(N)CN.Nc1n[nH]c(-c2ccccn2)n1.O=C(O)c1ccccn1.O=S(=O)(O)O. The Balaban J connectivity index is 0.000000420. The number of aromatic nitrogens is 5. The van der Waals surface area contributed by atoms with Crippen LogP contribution in [-0.4, -0.2) is 66.1 Å². The lowest BCUT2D eigenvalue weighted by Gasteiger charge is -1.90. The summed E-state index contributed by atoms with van der Waals surface area (Å²) < 4.78 is 31.6. The second kappa shape index (κ2) is 14.1. The van der Waals surface area contributed by atoms with Crippen LogP contribution in [0.3, 0.4) is 0 Å². The third-order valence-electron chi connectivity index (χ3n) is 2.51. The molecule has 0 saturated heterocycles. The topological polar surface area (TPSA) is 281 Å². The third kappa shape index (κ3) is 15.6. The Morgan fingerprint density at radius 3 is 1.90 bits per heavy atom. The summed E-state index contributed by atoms with van der Waals surface area (Å²) in [4.78, 5) is 21.7. The lowest BCUT2D eigenvalue weighted by molar-refractivity contribution is 0.0690. The summed E-state index contributed by atoms with van der Waals surface area (Å²) in [6, 6.07) is 10.3. The first-order valence-electron chi connectivity index (χ1n) is 7.90. The normalized spacial score (nSPS) is 9.52. The minimum absolute atomic E-state index is 0.0324. The van der Waals surface area contributed by atoms with Crippen molar-refractivity contribution in [1.82, 2.24) is 25.1 Å². The van der Waals surface area contributed by atoms with Crippen molar-refractivity contribution in [2.24, 2.45) is 11.5 Å². The van der Waals surface area contributed by atoms with Crippen molar-refractivity contribution in [2.45, 2.75) is 0 Å². The average molecular weight is 455 g/mol. The molecule has 0 aliphatic carbocycles. The van der Waals surface area contributed by atoms with Crippen molar-refractivity contribution in [3.05, 3.63) is 54.5 Å². The van der Waals surface area contributed by atoms with E-state index in [1.165, 1.54) is 12.3 Å². The molecule has 31 heavy (non-hydrogen) atoms. The third-order valence-corrected chi connectivity index (χ3v) is 2.51. The number of aromatic carboxylic acids is 1. The van der Waals surface area contributed by atoms with E-state index in [0.717, 1.165) is 5.69 Å². The Kier molecular flexibility index (Phi) is 12.3. The summed E-state index contributed by atoms with van der Waals surface area (Å²) in [5.74, 6) is -0.135. The van der Waals surface area contributed by atoms with Crippen LogP contribution in [0.2, 0.25) is 0 Å². The van der Waals surface area contributed by atoms with Gasteiger partial charge in [-0.05, 0) is 24.3 Å². The maximum absolute atomic E-state index is 10.1. The molecule has 0 radical (unpaired) electrons. The van der Waals surface area contributed by atoms with E-state index in [9.17, 15) is 4.79 Å². The quantitative estimate of drug-likeness (QED) is 0.140. The number of anilines is 1. The van der Waals surface area contributed by atoms with Gasteiger partial charge in [0.1, 0.15) is 17.2 Å². The number of carboxylic acid groups (broad SMARTS) is 1. The number of carbonyl (C=O) groups is 1. The molecule has 0 amide bonds. The maximum Gasteiger partial charge on any atom is 0.394 e. The van der Waals surface area contributed by atoms with E-state index in [-0.39, 0.29) is 24.0 Å². The van der Waals surface area contributed by atoms with Crippen LogP contribution in [0.4, 0.5) is 5.95 Å². The molecule has 0 fully saturated rings. The number of hydrogen-bond donors (Lipinski definition) is 8. The molecule has 0 aromatic carbocycles. The number of rotatable bonds is 3. The fourth-order valence-corrected chi connectivity index (χ4v) is 1.38. The molecular weight excluding hydrogens is 434 g/mol. The predicted octanol–water partition coefficient (Wildman–Crippen LogP) is -0.543. The molecule has 0 atom stereocenters. The van der Waals surface area contributed by atoms with E-state index < -0.39 is 16.4 Å². The molecule has 0 aliphatic heterocycles. The molecule has 3 heterocycles. The van der Waals surface area contributed by atoms with Crippen LogP contribution in [0.15, 0.2) is 48.8 Å². The molecule has 11 N–H and O–H groups in total. The van der Waals surface area contributed by atoms with E-state index in [4.69, 9.17) is 45.2 Å². The Morgan fingerprint density at radius 1 is 1.10 bits per heavy atom. The molecule has 15 nitrogen and oxygen atoms in total. The molecule has 0 bridgehead atoms. The summed E-state index contributed by atoms with van der Waals surface area (Å²) >= 11 is 0. The van der Waals surface area contributed by atoms with Crippen molar-refractivity contribution < 1.29 is 27.4 Å². The van der Waals surface area contributed by atoms with Crippen LogP contribution in [0.25, 0.3) is 11.5 Å². The number of pyridine rings is 2. The Bertz CT molecular complexity index is 1020. The molecule has 0 aliphatic rings. The van der Waals surface area contributed by atoms with E-state index in [0.29, 0.717) is 5.82 Å². The number of H-pyrrole nitrogens is 1. The lowest BCUT2D eigenvalue weighted by Crippen LogP contribution is -2.20. The highest BCUT2D eigenvalue weighted by Gasteiger charge is 2.02. The summed E-state index contributed by atoms with van der Waals surface area (Å²) in [6.07, 6.45) is 3.14. The minimum Gasteiger partial charge on any atom is -0.477 e. The van der Waals surface area contributed by atoms with Crippen LogP contribution >= 0.6 is 0 Å². The standard InChI is InChI=1S/C7H7N5.C6H5NO2.C2H7N3.H2O4S/c8-7-10-6(11-12-7)5-3-1-2-4-9-5;8-6(9)5-3-1-2-4-7-5;3-1-2(4)5;1-5(2,3)4/h1-4H,(H3,8,10,11,12);1-4H,(H,8,9);1,3H2,(H3,4,5);(H2,1,2,3,4). The van der Waals surface area contributed by atoms with Crippen molar-refractivity contribution in [1.29, 1.82) is 5.41 Å². The minimum atomic E-state index is -4.67. The van der Waals surface area contributed by atoms with Gasteiger partial charge in [0.05, 0.1) is 6.54 Å². The molecule has 0 spiro atoms. The molecule has 168 valence electrons. The number of nitrogens with two attached hydrogens (primary N) is 3. The number of amidine groups is 1. The molecule has 0 saturated carbocycles. The Labute approximate surface area is 176 Å². The molecule has 3 aromatic rings. The predicted molar refractivity (Wildman–Crippen MR) is 110 cm³/mol. The molecular formula is C15H21N9O6S. The Hall–Kier alpha value is -3.99. The van der Waals surface area contributed by atoms with Gasteiger partial charge >= 0.3 is 16.4 Å². The fraction of sp³-hybridized carbons (Fsp3) is 0.0667. The van der Waals surface area contributed by atoms with Crippen molar-refractivity contribution in [2.75, 3.05) is 12.3 Å². The number of hydrogen-bond acceptors (Lipinski definition) is 10. The van der Waals surface area contributed by atoms with Gasteiger partial charge in [-0.15, -0.1) is 5.10 Å². The first-order valence-corrected chi connectivity index (χ1v) is 9.30. The highest BCUT2D eigenvalue weighted by atomic mass is 32.3. The second-order valence-corrected chi connectivity index (χ2v) is 5.85. The zero-order valence-electron chi connectivity index (χ0n) is 15.8. The Morgan fingerprint density at radius 2 is 1.61 bits per heavy atom. The van der Waals surface area contributed by atoms with Crippen LogP contribution in [0.5, 0.6) is 0 Å². The van der Waals surface area contributed by atoms with Gasteiger partial charge < -0.3 is 22.3 Å². The fourth-order valence-electron chi connectivity index (χ4n) is 1.38. The molecule has 3 rings (SSSR count). The summed E-state index contributed by atoms with van der Waals surface area (Å²) in [5.41, 5.74) is 15.7. The highest BCUT2D eigenvalue weighted by Crippen LogP contribution is 2.09. The molecule has 0 unspecified atom stereocenters. The number of carboxylic acids is 1. The van der Waals surface area contributed by atoms with Gasteiger partial charge in [-0.2, -0.15) is 13.4 Å². The molecule has 16 heteroatoms. The van der Waals surface area contributed by atoms with Gasteiger partial charge in [0, 0.05) is 12.4 Å². The zero-order valence-corrected chi connectivity index (χ0v) is 16.6. The van der Waals surface area contributed by atoms with Crippen LogP contribution < -0.4 is 17.2 Å². The summed E-state index contributed by atoms with van der Waals surface area (Å²) in [6.45, 7) is 0.167. The first-order chi connectivity index (χ1) is 14.4. The number of nitrogen functional groups attached to an aromatic ring is 1. The number of aromatic amines is 1. The highest BCUT2D eigenvalue weighted by molar-refractivity contribution is 7.79. The van der Waals surface area contributed by atoms with Gasteiger partial charge in [0.2, 0.25) is 5.95 Å². The summed E-state index contributed by atoms with van der Waals surface area (Å²) in [5, 5.41) is 21.1. The average Bonchev–Trinajstić information content (AvgIpc) is 3.15.